The number of esters is 1. The fraction of sp³-hybridized carbons (Fsp3) is 0.294. The monoisotopic (exact) mass is 663 g/mol. The van der Waals surface area contributed by atoms with Crippen molar-refractivity contribution in [2.45, 2.75) is 49.9 Å². The molecule has 1 unspecified atom stereocenters. The first-order valence-corrected chi connectivity index (χ1v) is 16.2. The Morgan fingerprint density at radius 1 is 0.957 bits per heavy atom. The van der Waals surface area contributed by atoms with Gasteiger partial charge in [0.15, 0.2) is 6.10 Å². The average Bonchev–Trinajstić information content (AvgIpc) is 3.04. The van der Waals surface area contributed by atoms with Crippen LogP contribution in [0.3, 0.4) is 0 Å². The maximum atomic E-state index is 13.8. The van der Waals surface area contributed by atoms with E-state index in [9.17, 15) is 24.3 Å². The van der Waals surface area contributed by atoms with Crippen LogP contribution in [0.1, 0.15) is 49.6 Å². The van der Waals surface area contributed by atoms with Crippen LogP contribution in [0, 0.1) is 0 Å². The fourth-order valence-electron chi connectivity index (χ4n) is 5.15. The SMILES string of the molecule is CC(C)(C)OC(=O)NC(C(=O)N[C@@H]1C(=O)N2C(C(=O)OC(c3ccccc3)c3ccccc3)=C(CCl)CS[C@@H]12)c1ccc(O)cc1. The van der Waals surface area contributed by atoms with Crippen LogP contribution in [0.5, 0.6) is 5.75 Å². The second-order valence-corrected chi connectivity index (χ2v) is 13.1. The summed E-state index contributed by atoms with van der Waals surface area (Å²) in [6.45, 7) is 5.08. The van der Waals surface area contributed by atoms with Gasteiger partial charge in [-0.2, -0.15) is 0 Å². The summed E-state index contributed by atoms with van der Waals surface area (Å²) in [5.74, 6) is -1.56. The Kier molecular flexibility index (Phi) is 9.93. The predicted molar refractivity (Wildman–Crippen MR) is 174 cm³/mol. The van der Waals surface area contributed by atoms with Gasteiger partial charge in [-0.15, -0.1) is 23.4 Å². The van der Waals surface area contributed by atoms with E-state index in [0.717, 1.165) is 11.1 Å². The first kappa shape index (κ1) is 32.9. The number of amides is 3. The third-order valence-electron chi connectivity index (χ3n) is 7.28. The summed E-state index contributed by atoms with van der Waals surface area (Å²) in [6, 6.07) is 22.1. The van der Waals surface area contributed by atoms with Crippen molar-refractivity contribution in [1.82, 2.24) is 15.5 Å². The second-order valence-electron chi connectivity index (χ2n) is 11.8. The zero-order valence-electron chi connectivity index (χ0n) is 25.4. The largest absolute Gasteiger partial charge is 0.508 e. The number of alkyl halides is 1. The van der Waals surface area contributed by atoms with Crippen LogP contribution in [0.15, 0.2) is 96.2 Å². The molecule has 10 nitrogen and oxygen atoms in total. The molecule has 12 heteroatoms. The number of ether oxygens (including phenoxy) is 2. The van der Waals surface area contributed by atoms with Crippen molar-refractivity contribution >= 4 is 47.2 Å². The number of fused-ring (bicyclic) bond motifs is 1. The molecule has 0 saturated carbocycles. The van der Waals surface area contributed by atoms with Crippen molar-refractivity contribution in [2.75, 3.05) is 11.6 Å². The number of rotatable bonds is 9. The lowest BCUT2D eigenvalue weighted by Gasteiger charge is -2.50. The van der Waals surface area contributed by atoms with Gasteiger partial charge < -0.3 is 25.2 Å². The topological polar surface area (TPSA) is 134 Å². The smallest absolute Gasteiger partial charge is 0.408 e. The number of nitrogens with zero attached hydrogens (tertiary/aromatic N) is 1. The molecule has 2 heterocycles. The summed E-state index contributed by atoms with van der Waals surface area (Å²) >= 11 is 7.61. The van der Waals surface area contributed by atoms with E-state index in [1.165, 1.54) is 40.9 Å². The molecular formula is C34H34ClN3O7S. The molecule has 240 valence electrons. The lowest BCUT2D eigenvalue weighted by Crippen LogP contribution is -2.71. The van der Waals surface area contributed by atoms with Gasteiger partial charge >= 0.3 is 12.1 Å². The molecule has 5 rings (SSSR count). The molecule has 0 aromatic heterocycles. The summed E-state index contributed by atoms with van der Waals surface area (Å²) in [7, 11) is 0. The van der Waals surface area contributed by atoms with Gasteiger partial charge in [-0.3, -0.25) is 14.5 Å². The zero-order chi connectivity index (χ0) is 33.0. The number of hydrogen-bond acceptors (Lipinski definition) is 8. The van der Waals surface area contributed by atoms with Gasteiger partial charge in [-0.25, -0.2) is 9.59 Å². The van der Waals surface area contributed by atoms with E-state index >= 15 is 0 Å². The number of hydrogen-bond donors (Lipinski definition) is 3. The second kappa shape index (κ2) is 13.9. The number of alkyl carbamates (subject to hydrolysis) is 1. The van der Waals surface area contributed by atoms with Crippen molar-refractivity contribution in [1.29, 1.82) is 0 Å². The zero-order valence-corrected chi connectivity index (χ0v) is 27.0. The molecule has 1 fully saturated rings. The highest BCUT2D eigenvalue weighted by Gasteiger charge is 2.55. The number of β-lactam (4-membered cyclic amide) rings is 1. The number of phenols is 1. The van der Waals surface area contributed by atoms with Crippen LogP contribution in [-0.4, -0.2) is 62.5 Å². The van der Waals surface area contributed by atoms with Gasteiger partial charge in [-0.1, -0.05) is 72.8 Å². The van der Waals surface area contributed by atoms with Gasteiger partial charge in [0.25, 0.3) is 5.91 Å². The maximum Gasteiger partial charge on any atom is 0.408 e. The van der Waals surface area contributed by atoms with E-state index in [2.05, 4.69) is 10.6 Å². The maximum absolute atomic E-state index is 13.8. The third kappa shape index (κ3) is 7.32. The van der Waals surface area contributed by atoms with Crippen molar-refractivity contribution < 1.29 is 33.8 Å². The summed E-state index contributed by atoms with van der Waals surface area (Å²) in [4.78, 5) is 55.0. The predicted octanol–water partition coefficient (Wildman–Crippen LogP) is 5.18. The highest BCUT2D eigenvalue weighted by atomic mass is 35.5. The number of thioether (sulfide) groups is 1. The molecule has 3 amide bonds. The van der Waals surface area contributed by atoms with E-state index in [-0.39, 0.29) is 17.3 Å². The number of phenolic OH excluding ortho intramolecular Hbond substituents is 1. The Labute approximate surface area is 276 Å². The van der Waals surface area contributed by atoms with E-state index in [1.807, 2.05) is 60.7 Å². The minimum Gasteiger partial charge on any atom is -0.508 e. The minimum absolute atomic E-state index is 0.00896. The van der Waals surface area contributed by atoms with Crippen LogP contribution in [-0.2, 0) is 23.9 Å². The molecule has 2 aliphatic rings. The van der Waals surface area contributed by atoms with Gasteiger partial charge in [0.1, 0.15) is 34.5 Å². The summed E-state index contributed by atoms with van der Waals surface area (Å²) in [5.41, 5.74) is 1.67. The number of carbonyl (C=O) groups is 4. The first-order chi connectivity index (χ1) is 22.0. The van der Waals surface area contributed by atoms with E-state index in [4.69, 9.17) is 21.1 Å². The number of carbonyl (C=O) groups excluding carboxylic acids is 4. The minimum atomic E-state index is -1.23. The Morgan fingerprint density at radius 3 is 2.09 bits per heavy atom. The van der Waals surface area contributed by atoms with Crippen molar-refractivity contribution in [2.24, 2.45) is 0 Å². The molecule has 0 bridgehead atoms. The normalized spacial score (nSPS) is 18.3. The van der Waals surface area contributed by atoms with Crippen LogP contribution < -0.4 is 10.6 Å². The van der Waals surface area contributed by atoms with Crippen LogP contribution in [0.4, 0.5) is 4.79 Å². The van der Waals surface area contributed by atoms with E-state index in [1.54, 1.807) is 20.8 Å². The highest BCUT2D eigenvalue weighted by Crippen LogP contribution is 2.42. The number of halogens is 1. The summed E-state index contributed by atoms with van der Waals surface area (Å²) in [5, 5.41) is 14.4. The summed E-state index contributed by atoms with van der Waals surface area (Å²) < 4.78 is 11.4. The van der Waals surface area contributed by atoms with Crippen molar-refractivity contribution in [3.05, 3.63) is 113 Å². The molecule has 1 saturated heterocycles. The molecule has 3 N–H and O–H groups in total. The summed E-state index contributed by atoms with van der Waals surface area (Å²) in [6.07, 6.45) is -1.57. The van der Waals surface area contributed by atoms with Crippen LogP contribution in [0.25, 0.3) is 0 Å². The molecule has 0 aliphatic carbocycles. The number of benzene rings is 3. The van der Waals surface area contributed by atoms with Crippen molar-refractivity contribution in [3.8, 4) is 5.75 Å². The molecule has 46 heavy (non-hydrogen) atoms. The Hall–Kier alpha value is -4.48. The van der Waals surface area contributed by atoms with Crippen molar-refractivity contribution in [3.63, 3.8) is 0 Å². The Morgan fingerprint density at radius 2 is 1.54 bits per heavy atom. The number of aromatic hydroxyl groups is 1. The number of nitrogens with one attached hydrogen (secondary N) is 2. The van der Waals surface area contributed by atoms with Gasteiger partial charge in [0, 0.05) is 11.6 Å². The molecule has 2 aliphatic heterocycles. The molecule has 0 spiro atoms. The standard InChI is InChI=1S/C34H34ClN3O7S/c1-34(2,3)45-33(43)37-25(20-14-16-24(39)17-15-20)29(40)36-26-30(41)38-27(23(18-35)19-46-31(26)38)32(42)44-28(21-10-6-4-7-11-21)22-12-8-5-9-13-22/h4-17,25-26,28,31,39H,18-19H2,1-3H3,(H,36,40)(H,37,43)/t25?,26-,31+/m1/s1. The quantitative estimate of drug-likeness (QED) is 0.162. The lowest BCUT2D eigenvalue weighted by molar-refractivity contribution is -0.154. The van der Waals surface area contributed by atoms with Crippen LogP contribution in [0.2, 0.25) is 0 Å². The van der Waals surface area contributed by atoms with Gasteiger partial charge in [-0.05, 0) is 55.2 Å². The first-order valence-electron chi connectivity index (χ1n) is 14.6. The molecule has 0 radical (unpaired) electrons. The Balaban J connectivity index is 1.36. The molecular weight excluding hydrogens is 630 g/mol. The van der Waals surface area contributed by atoms with Gasteiger partial charge in [0.2, 0.25) is 5.91 Å². The lowest BCUT2D eigenvalue weighted by atomic mass is 10.00. The third-order valence-corrected chi connectivity index (χ3v) is 8.94. The van der Waals surface area contributed by atoms with Gasteiger partial charge in [0.05, 0.1) is 0 Å². The molecule has 3 atom stereocenters. The van der Waals surface area contributed by atoms with E-state index < -0.39 is 53.0 Å². The average molecular weight is 664 g/mol. The highest BCUT2D eigenvalue weighted by molar-refractivity contribution is 8.00. The fourth-order valence-corrected chi connectivity index (χ4v) is 6.83. The molecule has 3 aromatic rings. The van der Waals surface area contributed by atoms with E-state index in [0.29, 0.717) is 16.9 Å². The van der Waals surface area contributed by atoms with Crippen LogP contribution >= 0.6 is 23.4 Å². The molecule has 3 aromatic carbocycles. The Bertz CT molecular complexity index is 1590.